The predicted molar refractivity (Wildman–Crippen MR) is 53.5 cm³/mol. The fraction of sp³-hybridized carbons (Fsp3) is 1.00. The van der Waals surface area contributed by atoms with E-state index in [1.807, 2.05) is 0 Å². The third-order valence-corrected chi connectivity index (χ3v) is 3.40. The van der Waals surface area contributed by atoms with E-state index < -0.39 is 0 Å². The van der Waals surface area contributed by atoms with Crippen LogP contribution in [0.1, 0.15) is 19.8 Å². The van der Waals surface area contributed by atoms with Crippen molar-refractivity contribution in [2.45, 2.75) is 25.8 Å². The molecule has 0 spiro atoms. The SMILES string of the molecule is CC1CCN(CCCF)C1CBr. The van der Waals surface area contributed by atoms with Crippen molar-refractivity contribution in [3.8, 4) is 0 Å². The number of nitrogens with zero attached hydrogens (tertiary/aromatic N) is 1. The molecule has 0 aliphatic carbocycles. The lowest BCUT2D eigenvalue weighted by Crippen LogP contribution is -2.34. The second kappa shape index (κ2) is 5.18. The monoisotopic (exact) mass is 237 g/mol. The zero-order chi connectivity index (χ0) is 8.97. The second-order valence-electron chi connectivity index (χ2n) is 3.57. The number of rotatable bonds is 4. The topological polar surface area (TPSA) is 3.24 Å². The number of hydrogen-bond donors (Lipinski definition) is 0. The van der Waals surface area contributed by atoms with E-state index in [4.69, 9.17) is 0 Å². The molecule has 1 nitrogen and oxygen atoms in total. The van der Waals surface area contributed by atoms with Crippen LogP contribution in [0.2, 0.25) is 0 Å². The minimum atomic E-state index is -0.181. The summed E-state index contributed by atoms with van der Waals surface area (Å²) in [7, 11) is 0. The molecule has 72 valence electrons. The maximum atomic E-state index is 11.9. The molecule has 0 aromatic carbocycles. The normalized spacial score (nSPS) is 31.2. The minimum absolute atomic E-state index is 0.181. The molecular formula is C9H17BrFN. The van der Waals surface area contributed by atoms with E-state index in [9.17, 15) is 4.39 Å². The minimum Gasteiger partial charge on any atom is -0.299 e. The molecule has 1 rings (SSSR count). The summed E-state index contributed by atoms with van der Waals surface area (Å²) < 4.78 is 11.9. The molecule has 1 aliphatic heterocycles. The summed E-state index contributed by atoms with van der Waals surface area (Å²) in [5.74, 6) is 0.768. The number of hydrogen-bond acceptors (Lipinski definition) is 1. The standard InChI is InChI=1S/C9H17BrFN/c1-8-3-6-12(5-2-4-11)9(8)7-10/h8-9H,2-7H2,1H3. The van der Waals surface area contributed by atoms with Crippen LogP contribution >= 0.6 is 15.9 Å². The van der Waals surface area contributed by atoms with Gasteiger partial charge in [0.05, 0.1) is 6.67 Å². The van der Waals surface area contributed by atoms with Gasteiger partial charge >= 0.3 is 0 Å². The average Bonchev–Trinajstić information content (AvgIpc) is 2.43. The Morgan fingerprint density at radius 1 is 1.58 bits per heavy atom. The summed E-state index contributed by atoms with van der Waals surface area (Å²) in [4.78, 5) is 2.40. The van der Waals surface area contributed by atoms with Crippen LogP contribution in [0.25, 0.3) is 0 Å². The maximum absolute atomic E-state index is 11.9. The van der Waals surface area contributed by atoms with Crippen molar-refractivity contribution in [2.24, 2.45) is 5.92 Å². The first kappa shape index (κ1) is 10.5. The van der Waals surface area contributed by atoms with Gasteiger partial charge in [0.1, 0.15) is 0 Å². The lowest BCUT2D eigenvalue weighted by atomic mass is 10.1. The second-order valence-corrected chi connectivity index (χ2v) is 4.21. The molecule has 0 bridgehead atoms. The van der Waals surface area contributed by atoms with Gasteiger partial charge in [-0.15, -0.1) is 0 Å². The van der Waals surface area contributed by atoms with Gasteiger partial charge in [-0.25, -0.2) is 0 Å². The van der Waals surface area contributed by atoms with Gasteiger partial charge in [-0.3, -0.25) is 9.29 Å². The quantitative estimate of drug-likeness (QED) is 0.680. The van der Waals surface area contributed by atoms with Crippen molar-refractivity contribution in [2.75, 3.05) is 25.1 Å². The first-order valence-electron chi connectivity index (χ1n) is 4.65. The molecule has 0 amide bonds. The first-order valence-corrected chi connectivity index (χ1v) is 5.77. The summed E-state index contributed by atoms with van der Waals surface area (Å²) in [6, 6.07) is 0.636. The van der Waals surface area contributed by atoms with E-state index in [2.05, 4.69) is 27.8 Å². The van der Waals surface area contributed by atoms with E-state index >= 15 is 0 Å². The van der Waals surface area contributed by atoms with E-state index in [0.29, 0.717) is 12.5 Å². The van der Waals surface area contributed by atoms with Gasteiger partial charge in [0.25, 0.3) is 0 Å². The van der Waals surface area contributed by atoms with Crippen LogP contribution in [0.3, 0.4) is 0 Å². The lowest BCUT2D eigenvalue weighted by Gasteiger charge is -2.24. The Bertz CT molecular complexity index is 132. The smallest absolute Gasteiger partial charge is 0.0906 e. The van der Waals surface area contributed by atoms with Crippen LogP contribution in [-0.2, 0) is 0 Å². The van der Waals surface area contributed by atoms with Crippen molar-refractivity contribution in [1.82, 2.24) is 4.90 Å². The Balaban J connectivity index is 2.32. The molecule has 0 aromatic rings. The highest BCUT2D eigenvalue weighted by atomic mass is 79.9. The van der Waals surface area contributed by atoms with E-state index in [-0.39, 0.29) is 6.67 Å². The highest BCUT2D eigenvalue weighted by molar-refractivity contribution is 9.09. The Morgan fingerprint density at radius 2 is 2.33 bits per heavy atom. The summed E-state index contributed by atoms with van der Waals surface area (Å²) in [6.07, 6.45) is 1.96. The lowest BCUT2D eigenvalue weighted by molar-refractivity contribution is 0.240. The van der Waals surface area contributed by atoms with Crippen LogP contribution in [0, 0.1) is 5.92 Å². The number of halogens is 2. The van der Waals surface area contributed by atoms with Crippen LogP contribution in [0.15, 0.2) is 0 Å². The summed E-state index contributed by atoms with van der Waals surface area (Å²) >= 11 is 3.51. The molecule has 2 unspecified atom stereocenters. The Hall–Kier alpha value is 0.370. The van der Waals surface area contributed by atoms with E-state index in [0.717, 1.165) is 24.3 Å². The molecule has 1 fully saturated rings. The third-order valence-electron chi connectivity index (χ3n) is 2.73. The van der Waals surface area contributed by atoms with Crippen LogP contribution in [-0.4, -0.2) is 36.0 Å². The van der Waals surface area contributed by atoms with Gasteiger partial charge in [0.15, 0.2) is 0 Å². The van der Waals surface area contributed by atoms with Crippen LogP contribution in [0.4, 0.5) is 4.39 Å². The van der Waals surface area contributed by atoms with Gasteiger partial charge in [-0.2, -0.15) is 0 Å². The van der Waals surface area contributed by atoms with Crippen LogP contribution < -0.4 is 0 Å². The van der Waals surface area contributed by atoms with Crippen molar-refractivity contribution < 1.29 is 4.39 Å². The number of alkyl halides is 2. The van der Waals surface area contributed by atoms with Gasteiger partial charge in [-0.1, -0.05) is 22.9 Å². The molecule has 1 aliphatic rings. The van der Waals surface area contributed by atoms with Gasteiger partial charge < -0.3 is 0 Å². The largest absolute Gasteiger partial charge is 0.299 e. The molecular weight excluding hydrogens is 221 g/mol. The van der Waals surface area contributed by atoms with Crippen molar-refractivity contribution >= 4 is 15.9 Å². The van der Waals surface area contributed by atoms with E-state index in [1.54, 1.807) is 0 Å². The van der Waals surface area contributed by atoms with Gasteiger partial charge in [0.2, 0.25) is 0 Å². The molecule has 1 saturated heterocycles. The summed E-state index contributed by atoms with van der Waals surface area (Å²) in [5.41, 5.74) is 0. The molecule has 2 atom stereocenters. The Labute approximate surface area is 82.4 Å². The highest BCUT2D eigenvalue weighted by Crippen LogP contribution is 2.25. The molecule has 3 heteroatoms. The zero-order valence-corrected chi connectivity index (χ0v) is 9.19. The summed E-state index contributed by atoms with van der Waals surface area (Å²) in [5, 5.41) is 1.03. The predicted octanol–water partition coefficient (Wildman–Crippen LogP) is 2.45. The Kier molecular flexibility index (Phi) is 4.51. The average molecular weight is 238 g/mol. The highest BCUT2D eigenvalue weighted by Gasteiger charge is 2.29. The molecule has 0 aromatic heterocycles. The summed E-state index contributed by atoms with van der Waals surface area (Å²) in [6.45, 7) is 4.18. The van der Waals surface area contributed by atoms with E-state index in [1.165, 1.54) is 6.42 Å². The third kappa shape index (κ3) is 2.43. The van der Waals surface area contributed by atoms with Gasteiger partial charge in [0, 0.05) is 17.9 Å². The maximum Gasteiger partial charge on any atom is 0.0906 e. The molecule has 0 N–H and O–H groups in total. The molecule has 0 radical (unpaired) electrons. The van der Waals surface area contributed by atoms with Crippen molar-refractivity contribution in [3.63, 3.8) is 0 Å². The van der Waals surface area contributed by atoms with Crippen LogP contribution in [0.5, 0.6) is 0 Å². The fourth-order valence-electron chi connectivity index (χ4n) is 1.88. The fourth-order valence-corrected chi connectivity index (χ4v) is 2.93. The molecule has 1 heterocycles. The molecule has 0 saturated carbocycles. The Morgan fingerprint density at radius 3 is 2.92 bits per heavy atom. The first-order chi connectivity index (χ1) is 5.79. The van der Waals surface area contributed by atoms with Crippen molar-refractivity contribution in [1.29, 1.82) is 0 Å². The van der Waals surface area contributed by atoms with Crippen molar-refractivity contribution in [3.05, 3.63) is 0 Å². The zero-order valence-electron chi connectivity index (χ0n) is 7.60. The van der Waals surface area contributed by atoms with Gasteiger partial charge in [-0.05, 0) is 25.3 Å². The number of likely N-dealkylation sites (tertiary alicyclic amines) is 1. The molecule has 12 heavy (non-hydrogen) atoms.